The Balaban J connectivity index is 2.09. The lowest BCUT2D eigenvalue weighted by Gasteiger charge is -2.37. The van der Waals surface area contributed by atoms with Crippen LogP contribution in [-0.2, 0) is 0 Å². The van der Waals surface area contributed by atoms with Gasteiger partial charge < -0.3 is 5.32 Å². The van der Waals surface area contributed by atoms with Gasteiger partial charge in [-0.25, -0.2) is 0 Å². The van der Waals surface area contributed by atoms with Crippen molar-refractivity contribution in [1.82, 2.24) is 15.1 Å². The highest BCUT2D eigenvalue weighted by Crippen LogP contribution is 2.12. The highest BCUT2D eigenvalue weighted by atomic mass is 19.4. The lowest BCUT2D eigenvalue weighted by molar-refractivity contribution is -0.124. The molecule has 1 aliphatic heterocycles. The molecule has 1 fully saturated rings. The van der Waals surface area contributed by atoms with E-state index in [0.717, 1.165) is 32.6 Å². The lowest BCUT2D eigenvalue weighted by Crippen LogP contribution is -2.50. The van der Waals surface area contributed by atoms with E-state index >= 15 is 0 Å². The van der Waals surface area contributed by atoms with Gasteiger partial charge in [-0.15, -0.1) is 0 Å². The van der Waals surface area contributed by atoms with E-state index in [1.807, 2.05) is 0 Å². The number of hydrogen-bond acceptors (Lipinski definition) is 3. The average Bonchev–Trinajstić information content (AvgIpc) is 2.33. The van der Waals surface area contributed by atoms with E-state index in [2.05, 4.69) is 29.0 Å². The second-order valence-corrected chi connectivity index (χ2v) is 4.93. The summed E-state index contributed by atoms with van der Waals surface area (Å²) in [6.45, 7) is 8.57. The van der Waals surface area contributed by atoms with Crippen molar-refractivity contribution in [2.75, 3.05) is 45.8 Å². The Morgan fingerprint density at radius 3 is 2.28 bits per heavy atom. The fourth-order valence-electron chi connectivity index (χ4n) is 2.15. The highest BCUT2D eigenvalue weighted by Gasteiger charge is 2.26. The van der Waals surface area contributed by atoms with Crippen LogP contribution in [0.4, 0.5) is 13.2 Å². The van der Waals surface area contributed by atoms with Gasteiger partial charge in [0.05, 0.1) is 6.54 Å². The van der Waals surface area contributed by atoms with Crippen molar-refractivity contribution in [2.24, 2.45) is 0 Å². The first-order valence-electron chi connectivity index (χ1n) is 6.66. The van der Waals surface area contributed by atoms with E-state index in [0.29, 0.717) is 19.1 Å². The Kier molecular flexibility index (Phi) is 6.38. The highest BCUT2D eigenvalue weighted by molar-refractivity contribution is 4.76. The molecule has 6 heteroatoms. The quantitative estimate of drug-likeness (QED) is 0.737. The molecule has 1 heterocycles. The van der Waals surface area contributed by atoms with Gasteiger partial charge in [0.15, 0.2) is 0 Å². The van der Waals surface area contributed by atoms with Gasteiger partial charge in [0.2, 0.25) is 0 Å². The van der Waals surface area contributed by atoms with Gasteiger partial charge in [0.1, 0.15) is 0 Å². The van der Waals surface area contributed by atoms with E-state index in [1.165, 1.54) is 0 Å². The minimum atomic E-state index is -4.10. The average molecular weight is 267 g/mol. The second-order valence-electron chi connectivity index (χ2n) is 4.93. The molecule has 0 spiro atoms. The number of halogens is 3. The number of piperazine rings is 1. The van der Waals surface area contributed by atoms with Gasteiger partial charge in [0.25, 0.3) is 0 Å². The van der Waals surface area contributed by atoms with Crippen LogP contribution < -0.4 is 5.32 Å². The van der Waals surface area contributed by atoms with Crippen molar-refractivity contribution < 1.29 is 13.2 Å². The van der Waals surface area contributed by atoms with Gasteiger partial charge in [-0.05, 0) is 13.3 Å². The van der Waals surface area contributed by atoms with Crippen molar-refractivity contribution in [3.05, 3.63) is 0 Å². The van der Waals surface area contributed by atoms with Gasteiger partial charge in [-0.3, -0.25) is 9.80 Å². The molecule has 18 heavy (non-hydrogen) atoms. The molecule has 108 valence electrons. The Morgan fingerprint density at radius 2 is 1.78 bits per heavy atom. The molecule has 1 aliphatic rings. The Hall–Kier alpha value is -0.330. The molecule has 1 saturated heterocycles. The van der Waals surface area contributed by atoms with Crippen LogP contribution in [0.1, 0.15) is 20.3 Å². The zero-order valence-electron chi connectivity index (χ0n) is 11.3. The van der Waals surface area contributed by atoms with Gasteiger partial charge >= 0.3 is 6.18 Å². The number of alkyl halides is 3. The Labute approximate surface area is 107 Å². The molecule has 0 bridgehead atoms. The zero-order valence-corrected chi connectivity index (χ0v) is 11.3. The summed E-state index contributed by atoms with van der Waals surface area (Å²) in [6, 6.07) is 0.607. The minimum Gasteiger partial charge on any atom is -0.307 e. The van der Waals surface area contributed by atoms with Crippen LogP contribution in [0, 0.1) is 0 Å². The molecule has 0 saturated carbocycles. The normalized spacial score (nSPS) is 21.2. The second kappa shape index (κ2) is 7.31. The smallest absolute Gasteiger partial charge is 0.307 e. The fourth-order valence-corrected chi connectivity index (χ4v) is 2.15. The predicted molar refractivity (Wildman–Crippen MR) is 66.7 cm³/mol. The third-order valence-corrected chi connectivity index (χ3v) is 3.55. The Bertz CT molecular complexity index is 225. The number of nitrogens with one attached hydrogen (secondary N) is 1. The molecule has 3 nitrogen and oxygen atoms in total. The van der Waals surface area contributed by atoms with Gasteiger partial charge in [0, 0.05) is 45.3 Å². The Morgan fingerprint density at radius 1 is 1.17 bits per heavy atom. The third-order valence-electron chi connectivity index (χ3n) is 3.55. The van der Waals surface area contributed by atoms with Crippen LogP contribution in [0.25, 0.3) is 0 Å². The summed E-state index contributed by atoms with van der Waals surface area (Å²) >= 11 is 0. The first-order chi connectivity index (χ1) is 8.42. The lowest BCUT2D eigenvalue weighted by atomic mass is 10.2. The predicted octanol–water partition coefficient (Wildman–Crippen LogP) is 1.55. The van der Waals surface area contributed by atoms with Crippen molar-refractivity contribution in [3.8, 4) is 0 Å². The number of rotatable bonds is 6. The van der Waals surface area contributed by atoms with Crippen LogP contribution >= 0.6 is 0 Å². The summed E-state index contributed by atoms with van der Waals surface area (Å²) in [7, 11) is 0. The number of nitrogens with zero attached hydrogens (tertiary/aromatic N) is 2. The number of hydrogen-bond donors (Lipinski definition) is 1. The monoisotopic (exact) mass is 267 g/mol. The molecule has 0 amide bonds. The maximum absolute atomic E-state index is 11.9. The summed E-state index contributed by atoms with van der Waals surface area (Å²) in [5.41, 5.74) is 0. The maximum Gasteiger partial charge on any atom is 0.401 e. The van der Waals surface area contributed by atoms with Gasteiger partial charge in [-0.2, -0.15) is 13.2 Å². The van der Waals surface area contributed by atoms with E-state index in [4.69, 9.17) is 0 Å². The molecular formula is C12H24F3N3. The third kappa shape index (κ3) is 6.02. The molecule has 0 aromatic carbocycles. The van der Waals surface area contributed by atoms with E-state index in [1.54, 1.807) is 0 Å². The molecule has 1 rings (SSSR count). The minimum absolute atomic E-state index is 0.406. The van der Waals surface area contributed by atoms with Crippen LogP contribution in [0.15, 0.2) is 0 Å². The molecule has 1 unspecified atom stereocenters. The topological polar surface area (TPSA) is 18.5 Å². The molecule has 0 radical (unpaired) electrons. The maximum atomic E-state index is 11.9. The van der Waals surface area contributed by atoms with E-state index in [-0.39, 0.29) is 0 Å². The van der Waals surface area contributed by atoms with Crippen molar-refractivity contribution >= 4 is 0 Å². The first-order valence-corrected chi connectivity index (χ1v) is 6.66. The molecule has 0 aliphatic carbocycles. The summed E-state index contributed by atoms with van der Waals surface area (Å²) < 4.78 is 35.8. The molecular weight excluding hydrogens is 243 g/mol. The molecule has 0 aromatic rings. The van der Waals surface area contributed by atoms with Crippen molar-refractivity contribution in [1.29, 1.82) is 0 Å². The van der Waals surface area contributed by atoms with Crippen LogP contribution in [0.5, 0.6) is 0 Å². The van der Waals surface area contributed by atoms with Crippen molar-refractivity contribution in [2.45, 2.75) is 32.5 Å². The zero-order chi connectivity index (χ0) is 13.6. The summed E-state index contributed by atoms with van der Waals surface area (Å²) in [4.78, 5) is 4.67. The van der Waals surface area contributed by atoms with Crippen LogP contribution in [0.3, 0.4) is 0 Å². The molecule has 1 atom stereocenters. The first kappa shape index (κ1) is 15.7. The largest absolute Gasteiger partial charge is 0.401 e. The molecule has 1 N–H and O–H groups in total. The van der Waals surface area contributed by atoms with Crippen LogP contribution in [0.2, 0.25) is 0 Å². The van der Waals surface area contributed by atoms with Crippen molar-refractivity contribution in [3.63, 3.8) is 0 Å². The summed E-state index contributed by atoms with van der Waals surface area (Å²) in [5.74, 6) is 0. The summed E-state index contributed by atoms with van der Waals surface area (Å²) in [5, 5.41) is 2.44. The standard InChI is InChI=1S/C12H24F3N3/c1-3-11(2)18-8-6-17(7-9-18)5-4-16-10-12(13,14)15/h11,16H,3-10H2,1-2H3. The SMILES string of the molecule is CCC(C)N1CCN(CCNCC(F)(F)F)CC1. The van der Waals surface area contributed by atoms with E-state index < -0.39 is 12.7 Å². The fraction of sp³-hybridized carbons (Fsp3) is 1.00. The van der Waals surface area contributed by atoms with Crippen LogP contribution in [-0.4, -0.2) is 67.8 Å². The van der Waals surface area contributed by atoms with Gasteiger partial charge in [-0.1, -0.05) is 6.92 Å². The summed E-state index contributed by atoms with van der Waals surface area (Å²) in [6.07, 6.45) is -2.96. The van der Waals surface area contributed by atoms with E-state index in [9.17, 15) is 13.2 Å². The molecule has 0 aromatic heterocycles.